The molecule has 2 rings (SSSR count). The molecular weight excluding hydrogens is 226 g/mol. The van der Waals surface area contributed by atoms with Crippen molar-refractivity contribution in [3.8, 4) is 5.75 Å². The summed E-state index contributed by atoms with van der Waals surface area (Å²) in [5.41, 5.74) is 1.20. The molecule has 1 aromatic rings. The summed E-state index contributed by atoms with van der Waals surface area (Å²) < 4.78 is 11.2. The van der Waals surface area contributed by atoms with Crippen molar-refractivity contribution in [3.05, 3.63) is 29.8 Å². The Morgan fingerprint density at radius 1 is 1.28 bits per heavy atom. The Bertz CT molecular complexity index is 377. The van der Waals surface area contributed by atoms with Gasteiger partial charge >= 0.3 is 0 Å². The third-order valence-electron chi connectivity index (χ3n) is 3.59. The first-order valence-electron chi connectivity index (χ1n) is 6.70. The van der Waals surface area contributed by atoms with E-state index in [1.807, 2.05) is 19.2 Å². The number of benzene rings is 1. The number of para-hydroxylation sites is 1. The van der Waals surface area contributed by atoms with Gasteiger partial charge in [-0.3, -0.25) is 0 Å². The molecule has 0 saturated heterocycles. The van der Waals surface area contributed by atoms with Crippen molar-refractivity contribution in [3.63, 3.8) is 0 Å². The molecule has 0 aromatic heterocycles. The maximum Gasteiger partial charge on any atom is 0.123 e. The van der Waals surface area contributed by atoms with Crippen LogP contribution < -0.4 is 10.1 Å². The van der Waals surface area contributed by atoms with Gasteiger partial charge in [0.25, 0.3) is 0 Å². The van der Waals surface area contributed by atoms with E-state index in [1.165, 1.54) is 18.4 Å². The van der Waals surface area contributed by atoms with Gasteiger partial charge in [0.05, 0.1) is 19.3 Å². The summed E-state index contributed by atoms with van der Waals surface area (Å²) in [6, 6.07) is 8.41. The van der Waals surface area contributed by atoms with Crippen LogP contribution in [0.25, 0.3) is 0 Å². The molecular formula is C15H23NO2. The minimum atomic E-state index is 0.212. The second-order valence-electron chi connectivity index (χ2n) is 4.82. The number of nitrogens with one attached hydrogen (secondary N) is 1. The monoisotopic (exact) mass is 249 g/mol. The minimum Gasteiger partial charge on any atom is -0.496 e. The lowest BCUT2D eigenvalue weighted by molar-refractivity contribution is 0.0504. The summed E-state index contributed by atoms with van der Waals surface area (Å²) in [5, 5.41) is 3.54. The predicted molar refractivity (Wildman–Crippen MR) is 72.9 cm³/mol. The average Bonchev–Trinajstić information content (AvgIpc) is 3.23. The molecule has 2 atom stereocenters. The molecule has 18 heavy (non-hydrogen) atoms. The third-order valence-corrected chi connectivity index (χ3v) is 3.59. The molecule has 0 heterocycles. The molecule has 1 aliphatic carbocycles. The summed E-state index contributed by atoms with van der Waals surface area (Å²) in [4.78, 5) is 0. The maximum absolute atomic E-state index is 5.72. The lowest BCUT2D eigenvalue weighted by Crippen LogP contribution is -2.35. The molecule has 0 aliphatic heterocycles. The van der Waals surface area contributed by atoms with Gasteiger partial charge in [-0.1, -0.05) is 25.1 Å². The van der Waals surface area contributed by atoms with E-state index < -0.39 is 0 Å². The highest BCUT2D eigenvalue weighted by Gasteiger charge is 2.38. The molecule has 1 aromatic carbocycles. The van der Waals surface area contributed by atoms with Crippen molar-refractivity contribution in [2.75, 3.05) is 20.8 Å². The van der Waals surface area contributed by atoms with Crippen LogP contribution in [-0.2, 0) is 4.74 Å². The quantitative estimate of drug-likeness (QED) is 0.806. The second-order valence-corrected chi connectivity index (χ2v) is 4.82. The standard InChI is InChI=1S/C15H23NO2/c1-4-16-14(15(18-3)11-9-10-11)12-7-5-6-8-13(12)17-2/h5-8,11,14-16H,4,9-10H2,1-3H3. The highest BCUT2D eigenvalue weighted by Crippen LogP contribution is 2.41. The van der Waals surface area contributed by atoms with Crippen LogP contribution in [0.5, 0.6) is 5.75 Å². The summed E-state index contributed by atoms with van der Waals surface area (Å²) in [7, 11) is 3.53. The first-order valence-corrected chi connectivity index (χ1v) is 6.70. The second kappa shape index (κ2) is 6.21. The van der Waals surface area contributed by atoms with Gasteiger partial charge in [0.1, 0.15) is 5.75 Å². The largest absolute Gasteiger partial charge is 0.496 e. The SMILES string of the molecule is CCNC(c1ccccc1OC)C(OC)C1CC1. The van der Waals surface area contributed by atoms with Gasteiger partial charge in [0.15, 0.2) is 0 Å². The van der Waals surface area contributed by atoms with Crippen LogP contribution in [0.15, 0.2) is 24.3 Å². The number of likely N-dealkylation sites (N-methyl/N-ethyl adjacent to an activating group) is 1. The highest BCUT2D eigenvalue weighted by atomic mass is 16.5. The zero-order valence-corrected chi connectivity index (χ0v) is 11.5. The first-order chi connectivity index (χ1) is 8.81. The van der Waals surface area contributed by atoms with Crippen LogP contribution in [0.3, 0.4) is 0 Å². The summed E-state index contributed by atoms with van der Waals surface area (Å²) in [6.07, 6.45) is 2.78. The smallest absolute Gasteiger partial charge is 0.123 e. The summed E-state index contributed by atoms with van der Waals surface area (Å²) >= 11 is 0. The van der Waals surface area contributed by atoms with Crippen molar-refractivity contribution in [2.24, 2.45) is 5.92 Å². The zero-order valence-electron chi connectivity index (χ0n) is 11.5. The van der Waals surface area contributed by atoms with Gasteiger partial charge in [0.2, 0.25) is 0 Å². The Morgan fingerprint density at radius 2 is 2.00 bits per heavy atom. The Morgan fingerprint density at radius 3 is 2.56 bits per heavy atom. The lowest BCUT2D eigenvalue weighted by atomic mass is 9.97. The van der Waals surface area contributed by atoms with Crippen molar-refractivity contribution < 1.29 is 9.47 Å². The van der Waals surface area contributed by atoms with Crippen LogP contribution in [0.1, 0.15) is 31.4 Å². The topological polar surface area (TPSA) is 30.5 Å². The van der Waals surface area contributed by atoms with Crippen molar-refractivity contribution in [1.29, 1.82) is 0 Å². The number of rotatable bonds is 7. The number of hydrogen-bond donors (Lipinski definition) is 1. The van der Waals surface area contributed by atoms with Crippen molar-refractivity contribution in [1.82, 2.24) is 5.32 Å². The molecule has 0 bridgehead atoms. The number of hydrogen-bond acceptors (Lipinski definition) is 3. The lowest BCUT2D eigenvalue weighted by Gasteiger charge is -2.28. The Labute approximate surface area is 109 Å². The number of methoxy groups -OCH3 is 2. The van der Waals surface area contributed by atoms with Gasteiger partial charge in [-0.05, 0) is 31.4 Å². The van der Waals surface area contributed by atoms with Crippen LogP contribution in [0.4, 0.5) is 0 Å². The van der Waals surface area contributed by atoms with E-state index in [9.17, 15) is 0 Å². The van der Waals surface area contributed by atoms with Crippen molar-refractivity contribution in [2.45, 2.75) is 31.9 Å². The van der Waals surface area contributed by atoms with Gasteiger partial charge in [-0.2, -0.15) is 0 Å². The van der Waals surface area contributed by atoms with E-state index >= 15 is 0 Å². The fourth-order valence-corrected chi connectivity index (χ4v) is 2.57. The number of ether oxygens (including phenoxy) is 2. The molecule has 1 aliphatic rings. The molecule has 1 N–H and O–H groups in total. The van der Waals surface area contributed by atoms with Gasteiger partial charge < -0.3 is 14.8 Å². The van der Waals surface area contributed by atoms with E-state index in [2.05, 4.69) is 24.4 Å². The fraction of sp³-hybridized carbons (Fsp3) is 0.600. The first kappa shape index (κ1) is 13.4. The minimum absolute atomic E-state index is 0.212. The van der Waals surface area contributed by atoms with E-state index in [0.717, 1.165) is 12.3 Å². The van der Waals surface area contributed by atoms with E-state index in [-0.39, 0.29) is 12.1 Å². The molecule has 100 valence electrons. The van der Waals surface area contributed by atoms with Crippen LogP contribution in [0.2, 0.25) is 0 Å². The molecule has 0 spiro atoms. The third kappa shape index (κ3) is 2.85. The normalized spacial score (nSPS) is 18.4. The van der Waals surface area contributed by atoms with Gasteiger partial charge in [-0.25, -0.2) is 0 Å². The zero-order chi connectivity index (χ0) is 13.0. The Balaban J connectivity index is 2.27. The molecule has 3 heteroatoms. The molecule has 0 amide bonds. The maximum atomic E-state index is 5.72. The molecule has 3 nitrogen and oxygen atoms in total. The van der Waals surface area contributed by atoms with Crippen molar-refractivity contribution >= 4 is 0 Å². The van der Waals surface area contributed by atoms with Crippen LogP contribution >= 0.6 is 0 Å². The summed E-state index contributed by atoms with van der Waals surface area (Å²) in [5.74, 6) is 1.62. The highest BCUT2D eigenvalue weighted by molar-refractivity contribution is 5.36. The molecule has 2 unspecified atom stereocenters. The summed E-state index contributed by atoms with van der Waals surface area (Å²) in [6.45, 7) is 3.05. The van der Waals surface area contributed by atoms with Gasteiger partial charge in [0, 0.05) is 12.7 Å². The van der Waals surface area contributed by atoms with Gasteiger partial charge in [-0.15, -0.1) is 0 Å². The predicted octanol–water partition coefficient (Wildman–Crippen LogP) is 2.77. The molecule has 1 saturated carbocycles. The van der Waals surface area contributed by atoms with E-state index in [4.69, 9.17) is 9.47 Å². The van der Waals surface area contributed by atoms with E-state index in [1.54, 1.807) is 7.11 Å². The van der Waals surface area contributed by atoms with Crippen LogP contribution in [0, 0.1) is 5.92 Å². The van der Waals surface area contributed by atoms with E-state index in [0.29, 0.717) is 5.92 Å². The molecule has 1 fully saturated rings. The molecule has 0 radical (unpaired) electrons. The Hall–Kier alpha value is -1.06. The fourth-order valence-electron chi connectivity index (χ4n) is 2.57. The van der Waals surface area contributed by atoms with Crippen LogP contribution in [-0.4, -0.2) is 26.9 Å². The Kier molecular flexibility index (Phi) is 4.61. The average molecular weight is 249 g/mol.